The van der Waals surface area contributed by atoms with Crippen LogP contribution < -0.4 is 0 Å². The van der Waals surface area contributed by atoms with E-state index in [0.29, 0.717) is 0 Å². The summed E-state index contributed by atoms with van der Waals surface area (Å²) in [5.41, 5.74) is 16.4. The van der Waals surface area contributed by atoms with Crippen LogP contribution in [0.2, 0.25) is 0 Å². The summed E-state index contributed by atoms with van der Waals surface area (Å²) in [4.78, 5) is 4.81. The molecule has 2 nitrogen and oxygen atoms in total. The lowest BCUT2D eigenvalue weighted by Crippen LogP contribution is -2.25. The summed E-state index contributed by atoms with van der Waals surface area (Å²) in [6.07, 6.45) is 1.91. The number of hydrogen-bond acceptors (Lipinski definition) is 2. The lowest BCUT2D eigenvalue weighted by Gasteiger charge is -2.30. The van der Waals surface area contributed by atoms with Crippen LogP contribution in [0.15, 0.2) is 156 Å². The average molecular weight is 560 g/mol. The largest absolute Gasteiger partial charge is 0.455 e. The van der Waals surface area contributed by atoms with E-state index in [2.05, 4.69) is 133 Å². The Morgan fingerprint density at radius 2 is 1.00 bits per heavy atom. The maximum atomic E-state index is 6.35. The smallest absolute Gasteiger partial charge is 0.144 e. The van der Waals surface area contributed by atoms with Crippen LogP contribution >= 0.6 is 0 Å². The Balaban J connectivity index is 1.17. The molecule has 2 heterocycles. The van der Waals surface area contributed by atoms with Crippen molar-refractivity contribution in [3.05, 3.63) is 174 Å². The molecule has 44 heavy (non-hydrogen) atoms. The topological polar surface area (TPSA) is 26.0 Å². The molecule has 0 saturated carbocycles. The Labute approximate surface area is 254 Å². The van der Waals surface area contributed by atoms with E-state index in [1.165, 1.54) is 50.1 Å². The molecule has 1 spiro atoms. The van der Waals surface area contributed by atoms with Crippen LogP contribution in [0.1, 0.15) is 22.3 Å². The van der Waals surface area contributed by atoms with Gasteiger partial charge in [-0.3, -0.25) is 4.98 Å². The van der Waals surface area contributed by atoms with Crippen molar-refractivity contribution >= 4 is 21.9 Å². The fourth-order valence-electron chi connectivity index (χ4n) is 7.99. The van der Waals surface area contributed by atoms with Crippen LogP contribution in [-0.2, 0) is 5.41 Å². The zero-order chi connectivity index (χ0) is 28.8. The van der Waals surface area contributed by atoms with Crippen molar-refractivity contribution in [3.63, 3.8) is 0 Å². The molecule has 10 rings (SSSR count). The number of benzene rings is 6. The van der Waals surface area contributed by atoms with Gasteiger partial charge in [-0.25, -0.2) is 0 Å². The van der Waals surface area contributed by atoms with Gasteiger partial charge in [0, 0.05) is 22.5 Å². The molecule has 0 saturated heterocycles. The highest BCUT2D eigenvalue weighted by atomic mass is 16.3. The molecular formula is C42H25NO. The van der Waals surface area contributed by atoms with Crippen molar-refractivity contribution in [2.24, 2.45) is 0 Å². The molecule has 0 N–H and O–H groups in total. The van der Waals surface area contributed by atoms with Gasteiger partial charge in [-0.2, -0.15) is 0 Å². The highest BCUT2D eigenvalue weighted by Gasteiger charge is 2.51. The second-order valence-electron chi connectivity index (χ2n) is 11.9. The molecule has 0 radical (unpaired) electrons. The molecule has 2 aliphatic carbocycles. The van der Waals surface area contributed by atoms with Crippen LogP contribution in [0.25, 0.3) is 66.6 Å². The third-order valence-electron chi connectivity index (χ3n) is 9.77. The lowest BCUT2D eigenvalue weighted by atomic mass is 9.70. The number of pyridine rings is 1. The van der Waals surface area contributed by atoms with Gasteiger partial charge in [0.15, 0.2) is 0 Å². The quantitative estimate of drug-likeness (QED) is 0.211. The summed E-state index contributed by atoms with van der Waals surface area (Å²) >= 11 is 0. The number of aromatic nitrogens is 1. The maximum absolute atomic E-state index is 6.35. The van der Waals surface area contributed by atoms with E-state index in [4.69, 9.17) is 9.40 Å². The van der Waals surface area contributed by atoms with Crippen LogP contribution in [0.4, 0.5) is 0 Å². The van der Waals surface area contributed by atoms with E-state index < -0.39 is 0 Å². The van der Waals surface area contributed by atoms with Gasteiger partial charge in [0.05, 0.1) is 11.1 Å². The first-order valence-corrected chi connectivity index (χ1v) is 15.1. The molecule has 2 heteroatoms. The molecule has 8 aromatic rings. The number of nitrogens with zero attached hydrogens (tertiary/aromatic N) is 1. The minimum absolute atomic E-state index is 0.321. The first-order chi connectivity index (χ1) is 21.8. The van der Waals surface area contributed by atoms with Gasteiger partial charge in [0.1, 0.15) is 11.2 Å². The van der Waals surface area contributed by atoms with Crippen molar-refractivity contribution in [2.45, 2.75) is 5.41 Å². The predicted molar refractivity (Wildman–Crippen MR) is 179 cm³/mol. The molecule has 0 amide bonds. The number of para-hydroxylation sites is 2. The average Bonchev–Trinajstić information content (AvgIpc) is 3.72. The van der Waals surface area contributed by atoms with Gasteiger partial charge < -0.3 is 4.42 Å². The van der Waals surface area contributed by atoms with Crippen molar-refractivity contribution in [1.82, 2.24) is 4.98 Å². The minimum Gasteiger partial charge on any atom is -0.455 e. The Morgan fingerprint density at radius 1 is 0.432 bits per heavy atom. The first kappa shape index (κ1) is 23.8. The van der Waals surface area contributed by atoms with E-state index in [1.807, 2.05) is 18.3 Å². The molecule has 6 aromatic carbocycles. The van der Waals surface area contributed by atoms with Gasteiger partial charge in [0.25, 0.3) is 0 Å². The normalized spacial score (nSPS) is 13.6. The van der Waals surface area contributed by atoms with Crippen molar-refractivity contribution in [3.8, 4) is 44.6 Å². The third-order valence-corrected chi connectivity index (χ3v) is 9.77. The van der Waals surface area contributed by atoms with Crippen molar-refractivity contribution in [2.75, 3.05) is 0 Å². The van der Waals surface area contributed by atoms with Gasteiger partial charge in [-0.05, 0) is 86.0 Å². The summed E-state index contributed by atoms with van der Waals surface area (Å²) in [6, 6.07) is 52.7. The number of hydrogen-bond donors (Lipinski definition) is 0. The molecule has 0 fully saturated rings. The van der Waals surface area contributed by atoms with Crippen LogP contribution in [0, 0.1) is 0 Å². The molecule has 0 unspecified atom stereocenters. The Bertz CT molecular complexity index is 2420. The first-order valence-electron chi connectivity index (χ1n) is 15.1. The monoisotopic (exact) mass is 559 g/mol. The lowest BCUT2D eigenvalue weighted by molar-refractivity contribution is 0.670. The molecule has 2 aliphatic rings. The second-order valence-corrected chi connectivity index (χ2v) is 11.9. The second kappa shape index (κ2) is 8.65. The van der Waals surface area contributed by atoms with Crippen molar-refractivity contribution < 1.29 is 4.42 Å². The maximum Gasteiger partial charge on any atom is 0.144 e. The minimum atomic E-state index is -0.321. The summed E-state index contributed by atoms with van der Waals surface area (Å²) in [7, 11) is 0. The third kappa shape index (κ3) is 2.97. The molecule has 204 valence electrons. The standard InChI is InChI=1S/C42H25NO/c1-5-16-35-28(10-1)29-11-2-6-17-36(29)42(35)37-18-7-3-12-30(37)34-24-26(20-21-38(34)42)27-22-23-43-39(25-27)33-15-9-14-32-31-13-4-8-19-40(31)44-41(32)33/h1-25H. The number of fused-ring (bicyclic) bond motifs is 13. The predicted octanol–water partition coefficient (Wildman–Crippen LogP) is 10.7. The zero-order valence-electron chi connectivity index (χ0n) is 23.8. The van der Waals surface area contributed by atoms with Crippen LogP contribution in [-0.4, -0.2) is 4.98 Å². The highest BCUT2D eigenvalue weighted by Crippen LogP contribution is 2.62. The van der Waals surface area contributed by atoms with Gasteiger partial charge in [0.2, 0.25) is 0 Å². The number of furan rings is 1. The van der Waals surface area contributed by atoms with E-state index in [0.717, 1.165) is 38.8 Å². The van der Waals surface area contributed by atoms with Crippen molar-refractivity contribution in [1.29, 1.82) is 0 Å². The molecule has 2 aromatic heterocycles. The summed E-state index contributed by atoms with van der Waals surface area (Å²) in [6.45, 7) is 0. The Hall–Kier alpha value is -5.73. The summed E-state index contributed by atoms with van der Waals surface area (Å²) in [5.74, 6) is 0. The van der Waals surface area contributed by atoms with E-state index >= 15 is 0 Å². The fraction of sp³-hybridized carbons (Fsp3) is 0.0238. The van der Waals surface area contributed by atoms with Gasteiger partial charge >= 0.3 is 0 Å². The molecule has 0 bridgehead atoms. The van der Waals surface area contributed by atoms with Gasteiger partial charge in [-0.15, -0.1) is 0 Å². The van der Waals surface area contributed by atoms with Crippen LogP contribution in [0.5, 0.6) is 0 Å². The van der Waals surface area contributed by atoms with Crippen LogP contribution in [0.3, 0.4) is 0 Å². The molecular weight excluding hydrogens is 534 g/mol. The van der Waals surface area contributed by atoms with E-state index in [1.54, 1.807) is 0 Å². The van der Waals surface area contributed by atoms with E-state index in [9.17, 15) is 0 Å². The summed E-state index contributed by atoms with van der Waals surface area (Å²) < 4.78 is 6.35. The summed E-state index contributed by atoms with van der Waals surface area (Å²) in [5, 5.41) is 2.24. The van der Waals surface area contributed by atoms with Gasteiger partial charge in [-0.1, -0.05) is 115 Å². The Kier molecular flexibility index (Phi) is 4.68. The Morgan fingerprint density at radius 3 is 1.75 bits per heavy atom. The van der Waals surface area contributed by atoms with E-state index in [-0.39, 0.29) is 5.41 Å². The molecule has 0 atom stereocenters. The number of rotatable bonds is 2. The molecule has 0 aliphatic heterocycles. The zero-order valence-corrected chi connectivity index (χ0v) is 23.8. The fourth-order valence-corrected chi connectivity index (χ4v) is 7.99. The SMILES string of the molecule is c1ccc2c(c1)-c1ccccc1C21c2ccccc2-c2cc(-c3ccnc(-c4cccc5c4oc4ccccc45)c3)ccc21. The highest BCUT2D eigenvalue weighted by molar-refractivity contribution is 6.09.